The molecule has 0 fully saturated rings. The highest BCUT2D eigenvalue weighted by Crippen LogP contribution is 2.37. The number of carbonyl (C=O) groups is 2. The van der Waals surface area contributed by atoms with E-state index in [1.54, 1.807) is 60.5 Å². The number of ether oxygens (including phenoxy) is 1. The van der Waals surface area contributed by atoms with Gasteiger partial charge in [-0.05, 0) is 54.1 Å². The molecule has 168 valence electrons. The molecule has 4 rings (SSSR count). The Balaban J connectivity index is 1.82. The Kier molecular flexibility index (Phi) is 5.68. The maximum Gasteiger partial charge on any atom is 0.416 e. The van der Waals surface area contributed by atoms with Gasteiger partial charge in [-0.25, -0.2) is 4.90 Å². The second-order valence-corrected chi connectivity index (χ2v) is 7.34. The minimum atomic E-state index is -4.53. The number of alkyl halides is 3. The molecule has 0 aliphatic carbocycles. The van der Waals surface area contributed by atoms with Crippen molar-refractivity contribution in [2.75, 3.05) is 24.0 Å². The molecule has 0 N–H and O–H groups in total. The van der Waals surface area contributed by atoms with Gasteiger partial charge in [0.1, 0.15) is 11.4 Å². The second kappa shape index (κ2) is 8.46. The summed E-state index contributed by atoms with van der Waals surface area (Å²) in [6.45, 7) is 0. The molecule has 0 aromatic heterocycles. The van der Waals surface area contributed by atoms with Gasteiger partial charge in [0.2, 0.25) is 0 Å². The van der Waals surface area contributed by atoms with Crippen LogP contribution in [0.5, 0.6) is 5.75 Å². The lowest BCUT2D eigenvalue weighted by molar-refractivity contribution is -0.137. The van der Waals surface area contributed by atoms with Gasteiger partial charge in [-0.1, -0.05) is 30.3 Å². The Hall–Kier alpha value is -4.07. The van der Waals surface area contributed by atoms with Crippen LogP contribution in [0.2, 0.25) is 0 Å². The van der Waals surface area contributed by atoms with E-state index in [0.29, 0.717) is 17.0 Å². The zero-order chi connectivity index (χ0) is 23.8. The first-order chi connectivity index (χ1) is 15.7. The molecule has 3 aromatic carbocycles. The molecule has 0 bridgehead atoms. The van der Waals surface area contributed by atoms with E-state index in [0.717, 1.165) is 29.2 Å². The number of halogens is 3. The number of methoxy groups -OCH3 is 1. The van der Waals surface area contributed by atoms with Gasteiger partial charge in [0, 0.05) is 12.7 Å². The summed E-state index contributed by atoms with van der Waals surface area (Å²) < 4.78 is 44.1. The molecule has 0 atom stereocenters. The normalized spacial score (nSPS) is 14.2. The predicted octanol–water partition coefficient (Wildman–Crippen LogP) is 5.13. The van der Waals surface area contributed by atoms with Crippen LogP contribution in [0.4, 0.5) is 24.5 Å². The van der Waals surface area contributed by atoms with Gasteiger partial charge in [0.15, 0.2) is 0 Å². The van der Waals surface area contributed by atoms with Crippen molar-refractivity contribution >= 4 is 28.8 Å². The van der Waals surface area contributed by atoms with Crippen LogP contribution in [0.15, 0.2) is 84.6 Å². The summed E-state index contributed by atoms with van der Waals surface area (Å²) in [4.78, 5) is 29.4. The highest BCUT2D eigenvalue weighted by atomic mass is 19.4. The van der Waals surface area contributed by atoms with E-state index in [1.165, 1.54) is 7.11 Å². The number of imide groups is 1. The summed E-state index contributed by atoms with van der Waals surface area (Å²) in [6.07, 6.45) is -4.53. The first kappa shape index (κ1) is 22.1. The summed E-state index contributed by atoms with van der Waals surface area (Å²) in [5.41, 5.74) is 0.622. The molecule has 1 aliphatic rings. The standard InChI is InChI=1S/C25H19F3N2O3/c1-29(18-6-4-3-5-7-18)22-21(16-8-14-20(33-2)15-9-16)23(31)30(24(22)32)19-12-10-17(11-13-19)25(26,27)28/h3-15H,1-2H3. The Morgan fingerprint density at radius 2 is 1.42 bits per heavy atom. The van der Waals surface area contributed by atoms with Crippen molar-refractivity contribution in [1.82, 2.24) is 0 Å². The zero-order valence-corrected chi connectivity index (χ0v) is 17.8. The van der Waals surface area contributed by atoms with Gasteiger partial charge in [-0.3, -0.25) is 9.59 Å². The fraction of sp³-hybridized carbons (Fsp3) is 0.120. The lowest BCUT2D eigenvalue weighted by Crippen LogP contribution is -2.34. The van der Waals surface area contributed by atoms with E-state index in [1.807, 2.05) is 6.07 Å². The van der Waals surface area contributed by atoms with E-state index >= 15 is 0 Å². The van der Waals surface area contributed by atoms with Crippen LogP contribution in [-0.4, -0.2) is 26.0 Å². The molecule has 5 nitrogen and oxygen atoms in total. The predicted molar refractivity (Wildman–Crippen MR) is 119 cm³/mol. The molecule has 0 saturated carbocycles. The highest BCUT2D eigenvalue weighted by Gasteiger charge is 2.42. The molecule has 0 saturated heterocycles. The highest BCUT2D eigenvalue weighted by molar-refractivity contribution is 6.46. The molecular weight excluding hydrogens is 433 g/mol. The minimum Gasteiger partial charge on any atom is -0.497 e. The SMILES string of the molecule is COc1ccc(C2=C(N(C)c3ccccc3)C(=O)N(c3ccc(C(F)(F)F)cc3)C2=O)cc1. The smallest absolute Gasteiger partial charge is 0.416 e. The Bertz CT molecular complexity index is 1220. The number of anilines is 2. The number of hydrogen-bond acceptors (Lipinski definition) is 4. The van der Waals surface area contributed by atoms with Crippen LogP contribution >= 0.6 is 0 Å². The third-order valence-electron chi connectivity index (χ3n) is 5.37. The van der Waals surface area contributed by atoms with Crippen molar-refractivity contribution < 1.29 is 27.5 Å². The van der Waals surface area contributed by atoms with Crippen LogP contribution in [0.1, 0.15) is 11.1 Å². The van der Waals surface area contributed by atoms with Crippen LogP contribution < -0.4 is 14.5 Å². The molecule has 0 radical (unpaired) electrons. The van der Waals surface area contributed by atoms with Crippen molar-refractivity contribution in [2.45, 2.75) is 6.18 Å². The summed E-state index contributed by atoms with van der Waals surface area (Å²) in [7, 11) is 3.18. The fourth-order valence-electron chi connectivity index (χ4n) is 3.66. The molecular formula is C25H19F3N2O3. The second-order valence-electron chi connectivity index (χ2n) is 7.34. The number of amides is 2. The lowest BCUT2D eigenvalue weighted by Gasteiger charge is -2.21. The monoisotopic (exact) mass is 452 g/mol. The fourth-order valence-corrected chi connectivity index (χ4v) is 3.66. The number of likely N-dealkylation sites (N-methyl/N-ethyl adjacent to an activating group) is 1. The quantitative estimate of drug-likeness (QED) is 0.504. The van der Waals surface area contributed by atoms with Crippen molar-refractivity contribution in [3.8, 4) is 5.75 Å². The zero-order valence-electron chi connectivity index (χ0n) is 17.8. The van der Waals surface area contributed by atoms with Crippen LogP contribution in [0.25, 0.3) is 5.57 Å². The van der Waals surface area contributed by atoms with Gasteiger partial charge in [0.25, 0.3) is 11.8 Å². The van der Waals surface area contributed by atoms with E-state index in [4.69, 9.17) is 4.74 Å². The summed E-state index contributed by atoms with van der Waals surface area (Å²) in [6, 6.07) is 19.6. The number of carbonyl (C=O) groups excluding carboxylic acids is 2. The minimum absolute atomic E-state index is 0.0560. The molecule has 1 heterocycles. The first-order valence-corrected chi connectivity index (χ1v) is 9.96. The maximum atomic E-state index is 13.5. The van der Waals surface area contributed by atoms with Crippen LogP contribution in [0, 0.1) is 0 Å². The largest absolute Gasteiger partial charge is 0.497 e. The van der Waals surface area contributed by atoms with Crippen molar-refractivity contribution in [3.05, 3.63) is 95.7 Å². The molecule has 33 heavy (non-hydrogen) atoms. The number of hydrogen-bond donors (Lipinski definition) is 0. The van der Waals surface area contributed by atoms with Gasteiger partial charge in [-0.15, -0.1) is 0 Å². The van der Waals surface area contributed by atoms with Crippen LogP contribution in [0.3, 0.4) is 0 Å². The molecule has 2 amide bonds. The first-order valence-electron chi connectivity index (χ1n) is 9.96. The van der Waals surface area contributed by atoms with Gasteiger partial charge in [-0.2, -0.15) is 13.2 Å². The van der Waals surface area contributed by atoms with E-state index < -0.39 is 23.6 Å². The van der Waals surface area contributed by atoms with Crippen LogP contribution in [-0.2, 0) is 15.8 Å². The molecule has 3 aromatic rings. The molecule has 0 spiro atoms. The Morgan fingerprint density at radius 1 is 0.818 bits per heavy atom. The average Bonchev–Trinajstić information content (AvgIpc) is 3.08. The third-order valence-corrected chi connectivity index (χ3v) is 5.37. The topological polar surface area (TPSA) is 49.9 Å². The summed E-state index contributed by atoms with van der Waals surface area (Å²) in [5.74, 6) is -0.673. The van der Waals surface area contributed by atoms with Gasteiger partial charge >= 0.3 is 6.18 Å². The Morgan fingerprint density at radius 3 is 1.97 bits per heavy atom. The van der Waals surface area contributed by atoms with E-state index in [-0.39, 0.29) is 17.0 Å². The van der Waals surface area contributed by atoms with Gasteiger partial charge < -0.3 is 9.64 Å². The molecule has 8 heteroatoms. The number of para-hydroxylation sites is 1. The number of benzene rings is 3. The average molecular weight is 452 g/mol. The summed E-state index contributed by atoms with van der Waals surface area (Å²) in [5, 5.41) is 0. The Labute approximate surface area is 188 Å². The number of rotatable bonds is 5. The van der Waals surface area contributed by atoms with E-state index in [9.17, 15) is 22.8 Å². The molecule has 1 aliphatic heterocycles. The molecule has 0 unspecified atom stereocenters. The maximum absolute atomic E-state index is 13.5. The number of nitrogens with zero attached hydrogens (tertiary/aromatic N) is 2. The third kappa shape index (κ3) is 4.07. The van der Waals surface area contributed by atoms with Crippen molar-refractivity contribution in [3.63, 3.8) is 0 Å². The lowest BCUT2D eigenvalue weighted by atomic mass is 10.0. The summed E-state index contributed by atoms with van der Waals surface area (Å²) >= 11 is 0. The van der Waals surface area contributed by atoms with Gasteiger partial charge in [0.05, 0.1) is 23.9 Å². The van der Waals surface area contributed by atoms with Crippen molar-refractivity contribution in [2.24, 2.45) is 0 Å². The van der Waals surface area contributed by atoms with Crippen molar-refractivity contribution in [1.29, 1.82) is 0 Å². The van der Waals surface area contributed by atoms with E-state index in [2.05, 4.69) is 0 Å².